The molecule has 0 spiro atoms. The van der Waals surface area contributed by atoms with Crippen molar-refractivity contribution < 1.29 is 8.78 Å². The molecule has 0 saturated heterocycles. The van der Waals surface area contributed by atoms with Gasteiger partial charge in [-0.1, -0.05) is 12.1 Å². The summed E-state index contributed by atoms with van der Waals surface area (Å²) < 4.78 is 28.8. The predicted molar refractivity (Wildman–Crippen MR) is 87.5 cm³/mol. The summed E-state index contributed by atoms with van der Waals surface area (Å²) in [4.78, 5) is 0. The molecule has 117 valence electrons. The number of rotatable bonds is 3. The SMILES string of the molecule is [CH2]Cc1ccc(-n2nc(C)c(-c3cc(F)cc(F)c3)c2C)cc1. The number of benzene rings is 2. The van der Waals surface area contributed by atoms with Gasteiger partial charge in [-0.15, -0.1) is 0 Å². The highest BCUT2D eigenvalue weighted by molar-refractivity contribution is 5.69. The molecule has 0 aliphatic heterocycles. The van der Waals surface area contributed by atoms with Crippen LogP contribution in [0.4, 0.5) is 8.78 Å². The van der Waals surface area contributed by atoms with Crippen LogP contribution in [-0.4, -0.2) is 9.78 Å². The fraction of sp³-hybridized carbons (Fsp3) is 0.158. The van der Waals surface area contributed by atoms with Crippen molar-refractivity contribution in [3.05, 3.63) is 78.0 Å². The van der Waals surface area contributed by atoms with Crippen LogP contribution in [0.5, 0.6) is 0 Å². The Hall–Kier alpha value is -2.49. The van der Waals surface area contributed by atoms with Crippen LogP contribution in [0.2, 0.25) is 0 Å². The topological polar surface area (TPSA) is 17.8 Å². The molecular weight excluding hydrogens is 294 g/mol. The van der Waals surface area contributed by atoms with Gasteiger partial charge in [-0.05, 0) is 62.6 Å². The Morgan fingerprint density at radius 1 is 1.00 bits per heavy atom. The van der Waals surface area contributed by atoms with Crippen molar-refractivity contribution in [2.24, 2.45) is 0 Å². The van der Waals surface area contributed by atoms with Crippen LogP contribution >= 0.6 is 0 Å². The van der Waals surface area contributed by atoms with E-state index in [1.807, 2.05) is 38.1 Å². The molecule has 1 heterocycles. The first-order chi connectivity index (χ1) is 11.0. The van der Waals surface area contributed by atoms with Gasteiger partial charge in [-0.3, -0.25) is 0 Å². The molecule has 3 rings (SSSR count). The molecule has 0 fully saturated rings. The number of hydrogen-bond acceptors (Lipinski definition) is 1. The maximum Gasteiger partial charge on any atom is 0.126 e. The maximum atomic E-state index is 13.5. The third-order valence-electron chi connectivity index (χ3n) is 3.91. The average Bonchev–Trinajstić information content (AvgIpc) is 2.81. The second-order valence-electron chi connectivity index (χ2n) is 5.53. The third kappa shape index (κ3) is 2.89. The lowest BCUT2D eigenvalue weighted by Gasteiger charge is -2.07. The second kappa shape index (κ2) is 5.95. The van der Waals surface area contributed by atoms with Crippen molar-refractivity contribution in [1.29, 1.82) is 0 Å². The fourth-order valence-corrected chi connectivity index (χ4v) is 2.81. The predicted octanol–water partition coefficient (Wildman–Crippen LogP) is 4.81. The largest absolute Gasteiger partial charge is 0.237 e. The van der Waals surface area contributed by atoms with Gasteiger partial charge in [0, 0.05) is 17.3 Å². The van der Waals surface area contributed by atoms with Gasteiger partial charge in [-0.2, -0.15) is 5.10 Å². The number of halogens is 2. The Morgan fingerprint density at radius 3 is 2.17 bits per heavy atom. The molecule has 4 heteroatoms. The highest BCUT2D eigenvalue weighted by atomic mass is 19.1. The lowest BCUT2D eigenvalue weighted by molar-refractivity contribution is 0.584. The molecule has 23 heavy (non-hydrogen) atoms. The summed E-state index contributed by atoms with van der Waals surface area (Å²) in [5.41, 5.74) is 4.88. The molecule has 0 N–H and O–H groups in total. The number of hydrogen-bond donors (Lipinski definition) is 0. The van der Waals surface area contributed by atoms with E-state index in [2.05, 4.69) is 12.0 Å². The number of nitrogens with zero attached hydrogens (tertiary/aromatic N) is 2. The van der Waals surface area contributed by atoms with E-state index in [4.69, 9.17) is 0 Å². The van der Waals surface area contributed by atoms with Crippen molar-refractivity contribution in [2.45, 2.75) is 20.3 Å². The molecule has 0 bridgehead atoms. The Bertz CT molecular complexity index is 828. The van der Waals surface area contributed by atoms with Gasteiger partial charge in [0.05, 0.1) is 11.4 Å². The summed E-state index contributed by atoms with van der Waals surface area (Å²) in [6.07, 6.45) is 0.727. The van der Waals surface area contributed by atoms with Gasteiger partial charge in [-0.25, -0.2) is 13.5 Å². The minimum Gasteiger partial charge on any atom is -0.237 e. The van der Waals surface area contributed by atoms with E-state index >= 15 is 0 Å². The molecule has 1 radical (unpaired) electrons. The summed E-state index contributed by atoms with van der Waals surface area (Å²) in [5.74, 6) is -1.18. The molecule has 2 nitrogen and oxygen atoms in total. The summed E-state index contributed by atoms with van der Waals surface area (Å²) in [7, 11) is 0. The quantitative estimate of drug-likeness (QED) is 0.678. The van der Waals surface area contributed by atoms with Crippen LogP contribution in [-0.2, 0) is 6.42 Å². The van der Waals surface area contributed by atoms with E-state index in [9.17, 15) is 8.78 Å². The maximum absolute atomic E-state index is 13.5. The summed E-state index contributed by atoms with van der Waals surface area (Å²) in [5, 5.41) is 4.53. The first kappa shape index (κ1) is 15.4. The molecule has 0 atom stereocenters. The summed E-state index contributed by atoms with van der Waals surface area (Å²) >= 11 is 0. The highest BCUT2D eigenvalue weighted by Crippen LogP contribution is 2.29. The Morgan fingerprint density at radius 2 is 1.61 bits per heavy atom. The van der Waals surface area contributed by atoms with E-state index in [0.29, 0.717) is 5.56 Å². The smallest absolute Gasteiger partial charge is 0.126 e. The first-order valence-electron chi connectivity index (χ1n) is 7.41. The lowest BCUT2D eigenvalue weighted by atomic mass is 10.0. The van der Waals surface area contributed by atoms with E-state index in [1.165, 1.54) is 12.1 Å². The van der Waals surface area contributed by atoms with Gasteiger partial charge < -0.3 is 0 Å². The third-order valence-corrected chi connectivity index (χ3v) is 3.91. The van der Waals surface area contributed by atoms with E-state index < -0.39 is 11.6 Å². The Balaban J connectivity index is 2.12. The van der Waals surface area contributed by atoms with Crippen molar-refractivity contribution >= 4 is 0 Å². The van der Waals surface area contributed by atoms with E-state index in [1.54, 1.807) is 4.68 Å². The van der Waals surface area contributed by atoms with Crippen molar-refractivity contribution in [2.75, 3.05) is 0 Å². The summed E-state index contributed by atoms with van der Waals surface area (Å²) in [6, 6.07) is 11.5. The fourth-order valence-electron chi connectivity index (χ4n) is 2.81. The van der Waals surface area contributed by atoms with Crippen LogP contribution < -0.4 is 0 Å². The van der Waals surface area contributed by atoms with Crippen LogP contribution in [0, 0.1) is 32.4 Å². The van der Waals surface area contributed by atoms with Crippen LogP contribution in [0.25, 0.3) is 16.8 Å². The molecule has 2 aromatic carbocycles. The van der Waals surface area contributed by atoms with Gasteiger partial charge in [0.2, 0.25) is 0 Å². The highest BCUT2D eigenvalue weighted by Gasteiger charge is 2.16. The monoisotopic (exact) mass is 311 g/mol. The first-order valence-corrected chi connectivity index (χ1v) is 7.41. The molecule has 1 aromatic heterocycles. The van der Waals surface area contributed by atoms with Gasteiger partial charge in [0.1, 0.15) is 11.6 Å². The number of aromatic nitrogens is 2. The van der Waals surface area contributed by atoms with Gasteiger partial charge in [0.25, 0.3) is 0 Å². The Kier molecular flexibility index (Phi) is 3.99. The molecular formula is C19H17F2N2. The van der Waals surface area contributed by atoms with Gasteiger partial charge in [0.15, 0.2) is 0 Å². The average molecular weight is 311 g/mol. The normalized spacial score (nSPS) is 11.0. The molecule has 0 saturated carbocycles. The molecule has 0 amide bonds. The van der Waals surface area contributed by atoms with Gasteiger partial charge >= 0.3 is 0 Å². The Labute approximate surface area is 134 Å². The van der Waals surface area contributed by atoms with Crippen LogP contribution in [0.1, 0.15) is 17.0 Å². The van der Waals surface area contributed by atoms with Crippen LogP contribution in [0.3, 0.4) is 0 Å². The van der Waals surface area contributed by atoms with Crippen molar-refractivity contribution in [1.82, 2.24) is 9.78 Å². The van der Waals surface area contributed by atoms with Crippen molar-refractivity contribution in [3.63, 3.8) is 0 Å². The molecule has 0 unspecified atom stereocenters. The summed E-state index contributed by atoms with van der Waals surface area (Å²) in [6.45, 7) is 7.59. The minimum atomic E-state index is -0.591. The minimum absolute atomic E-state index is 0.498. The second-order valence-corrected chi connectivity index (χ2v) is 5.53. The van der Waals surface area contributed by atoms with Crippen LogP contribution in [0.15, 0.2) is 42.5 Å². The molecule has 0 aliphatic carbocycles. The zero-order valence-corrected chi connectivity index (χ0v) is 13.1. The molecule has 0 aliphatic rings. The van der Waals surface area contributed by atoms with E-state index in [-0.39, 0.29) is 0 Å². The zero-order valence-electron chi connectivity index (χ0n) is 13.1. The lowest BCUT2D eigenvalue weighted by Crippen LogP contribution is -1.99. The number of aryl methyl sites for hydroxylation is 1. The molecule has 3 aromatic rings. The standard InChI is InChI=1S/C19H17F2N2/c1-4-14-5-7-18(8-6-14)23-13(3)19(12(2)22-23)15-9-16(20)11-17(21)10-15/h5-11H,1,4H2,2-3H3. The van der Waals surface area contributed by atoms with Crippen molar-refractivity contribution in [3.8, 4) is 16.8 Å². The van der Waals surface area contributed by atoms with E-state index in [0.717, 1.165) is 40.7 Å². The zero-order chi connectivity index (χ0) is 16.6.